The van der Waals surface area contributed by atoms with E-state index in [-0.39, 0.29) is 18.8 Å². The van der Waals surface area contributed by atoms with Crippen LogP contribution < -0.4 is 5.32 Å². The molecule has 4 aromatic rings. The van der Waals surface area contributed by atoms with Gasteiger partial charge in [-0.15, -0.1) is 0 Å². The summed E-state index contributed by atoms with van der Waals surface area (Å²) in [6.07, 6.45) is 4.44. The third kappa shape index (κ3) is 4.48. The first kappa shape index (κ1) is 23.7. The van der Waals surface area contributed by atoms with E-state index >= 15 is 0 Å². The number of anilines is 1. The van der Waals surface area contributed by atoms with E-state index in [9.17, 15) is 9.90 Å². The SMILES string of the molecule is CNc1cc(-c2cn(CCN3CCOCC3)c3ncccc23)nc2c(C(=O)N=C3COC[C@H]3O)cnn12. The monoisotopic (exact) mass is 504 g/mol. The summed E-state index contributed by atoms with van der Waals surface area (Å²) in [7, 11) is 1.79. The summed E-state index contributed by atoms with van der Waals surface area (Å²) in [6.45, 7) is 5.32. The van der Waals surface area contributed by atoms with Crippen molar-refractivity contribution in [3.05, 3.63) is 42.4 Å². The van der Waals surface area contributed by atoms with Crippen molar-refractivity contribution in [3.63, 3.8) is 0 Å². The molecule has 0 aromatic carbocycles. The van der Waals surface area contributed by atoms with Crippen LogP contribution in [0.3, 0.4) is 0 Å². The second-order valence-electron chi connectivity index (χ2n) is 9.07. The molecule has 0 radical (unpaired) electrons. The van der Waals surface area contributed by atoms with Crippen LogP contribution in [0.2, 0.25) is 0 Å². The number of aliphatic hydroxyl groups is 1. The van der Waals surface area contributed by atoms with Gasteiger partial charge in [0.2, 0.25) is 0 Å². The number of nitrogens with zero attached hydrogens (tertiary/aromatic N) is 7. The molecule has 2 aliphatic rings. The molecule has 1 amide bonds. The summed E-state index contributed by atoms with van der Waals surface area (Å²) >= 11 is 0. The third-order valence-corrected chi connectivity index (χ3v) is 6.78. The van der Waals surface area contributed by atoms with Gasteiger partial charge in [-0.2, -0.15) is 9.61 Å². The first-order valence-electron chi connectivity index (χ1n) is 12.3. The summed E-state index contributed by atoms with van der Waals surface area (Å²) in [5.74, 6) is 0.157. The highest BCUT2D eigenvalue weighted by Crippen LogP contribution is 2.31. The van der Waals surface area contributed by atoms with Gasteiger partial charge in [-0.1, -0.05) is 0 Å². The quantitative estimate of drug-likeness (QED) is 0.396. The highest BCUT2D eigenvalue weighted by Gasteiger charge is 2.24. The first-order valence-corrected chi connectivity index (χ1v) is 12.3. The number of ether oxygens (including phenoxy) is 2. The number of rotatable bonds is 6. The Kier molecular flexibility index (Phi) is 6.38. The minimum Gasteiger partial charge on any atom is -0.385 e. The summed E-state index contributed by atoms with van der Waals surface area (Å²) < 4.78 is 14.4. The van der Waals surface area contributed by atoms with E-state index in [0.29, 0.717) is 22.9 Å². The number of fused-ring (bicyclic) bond motifs is 2. The zero-order valence-electron chi connectivity index (χ0n) is 20.5. The number of aromatic nitrogens is 5. The van der Waals surface area contributed by atoms with Crippen molar-refractivity contribution in [2.24, 2.45) is 4.99 Å². The number of amides is 1. The number of pyridine rings is 1. The molecule has 0 aliphatic carbocycles. The molecule has 6 rings (SSSR count). The Morgan fingerprint density at radius 3 is 2.89 bits per heavy atom. The Labute approximate surface area is 212 Å². The van der Waals surface area contributed by atoms with Gasteiger partial charge < -0.3 is 24.5 Å². The minimum absolute atomic E-state index is 0.128. The highest BCUT2D eigenvalue weighted by atomic mass is 16.5. The van der Waals surface area contributed by atoms with Crippen LogP contribution in [0.5, 0.6) is 0 Å². The maximum absolute atomic E-state index is 13.0. The van der Waals surface area contributed by atoms with Gasteiger partial charge in [0.25, 0.3) is 5.91 Å². The number of carbonyl (C=O) groups excluding carboxylic acids is 1. The molecule has 37 heavy (non-hydrogen) atoms. The van der Waals surface area contributed by atoms with E-state index in [1.165, 1.54) is 6.20 Å². The molecule has 2 N–H and O–H groups in total. The lowest BCUT2D eigenvalue weighted by molar-refractivity contribution is 0.0365. The van der Waals surface area contributed by atoms with Gasteiger partial charge in [-0.3, -0.25) is 9.69 Å². The zero-order chi connectivity index (χ0) is 25.4. The molecule has 0 bridgehead atoms. The normalized spacial score (nSPS) is 19.8. The number of morpholine rings is 1. The Hall–Kier alpha value is -3.71. The molecule has 1 atom stereocenters. The molecular weight excluding hydrogens is 476 g/mol. The van der Waals surface area contributed by atoms with E-state index < -0.39 is 12.0 Å². The fourth-order valence-corrected chi connectivity index (χ4v) is 4.77. The van der Waals surface area contributed by atoms with Crippen LogP contribution >= 0.6 is 0 Å². The van der Waals surface area contributed by atoms with E-state index in [2.05, 4.69) is 36.1 Å². The van der Waals surface area contributed by atoms with Crippen molar-refractivity contribution in [2.75, 3.05) is 58.4 Å². The van der Waals surface area contributed by atoms with Crippen molar-refractivity contribution in [3.8, 4) is 11.3 Å². The Bertz CT molecular complexity index is 1490. The summed E-state index contributed by atoms with van der Waals surface area (Å²) in [4.78, 5) is 29.0. The topological polar surface area (TPSA) is 131 Å². The molecular formula is C25H28N8O4. The lowest BCUT2D eigenvalue weighted by Gasteiger charge is -2.26. The van der Waals surface area contributed by atoms with E-state index in [1.807, 2.05) is 18.2 Å². The zero-order valence-corrected chi connectivity index (χ0v) is 20.5. The molecule has 4 aromatic heterocycles. The standard InChI is InChI=1S/C25H28N8O4/c1-26-22-11-19(29-24-17(12-28-33(22)24)25(35)30-20-14-37-15-21(20)34)18-13-32(23-16(18)3-2-4-27-23)6-5-31-7-9-36-10-8-31/h2-4,11-13,21,26,34H,5-10,14-15H2,1H3/t21-/m1/s1. The lowest BCUT2D eigenvalue weighted by Crippen LogP contribution is -2.38. The van der Waals surface area contributed by atoms with Gasteiger partial charge in [-0.05, 0) is 12.1 Å². The Balaban J connectivity index is 1.40. The summed E-state index contributed by atoms with van der Waals surface area (Å²) in [5, 5.41) is 18.5. The van der Waals surface area contributed by atoms with Gasteiger partial charge in [0, 0.05) is 62.6 Å². The molecule has 0 saturated carbocycles. The van der Waals surface area contributed by atoms with E-state index in [0.717, 1.165) is 56.0 Å². The van der Waals surface area contributed by atoms with E-state index in [4.69, 9.17) is 14.5 Å². The molecule has 12 heteroatoms. The van der Waals surface area contributed by atoms with Crippen molar-refractivity contribution >= 4 is 34.1 Å². The summed E-state index contributed by atoms with van der Waals surface area (Å²) in [6, 6.07) is 5.85. The predicted molar refractivity (Wildman–Crippen MR) is 137 cm³/mol. The molecule has 0 unspecified atom stereocenters. The Morgan fingerprint density at radius 1 is 1.24 bits per heavy atom. The fraction of sp³-hybridized carbons (Fsp3) is 0.400. The molecule has 2 aliphatic heterocycles. The van der Waals surface area contributed by atoms with Crippen LogP contribution in [0.4, 0.5) is 5.82 Å². The maximum Gasteiger partial charge on any atom is 0.282 e. The van der Waals surface area contributed by atoms with Gasteiger partial charge in [-0.25, -0.2) is 15.0 Å². The highest BCUT2D eigenvalue weighted by molar-refractivity contribution is 6.09. The van der Waals surface area contributed by atoms with Gasteiger partial charge in [0.15, 0.2) is 5.65 Å². The fourth-order valence-electron chi connectivity index (χ4n) is 4.77. The third-order valence-electron chi connectivity index (χ3n) is 6.78. The number of nitrogens with one attached hydrogen (secondary N) is 1. The van der Waals surface area contributed by atoms with Gasteiger partial charge >= 0.3 is 0 Å². The smallest absolute Gasteiger partial charge is 0.282 e. The van der Waals surface area contributed by atoms with Crippen LogP contribution in [-0.4, -0.2) is 105 Å². The minimum atomic E-state index is -0.877. The number of hydrogen-bond acceptors (Lipinski definition) is 9. The molecule has 0 spiro atoms. The van der Waals surface area contributed by atoms with Gasteiger partial charge in [0.05, 0.1) is 44.0 Å². The van der Waals surface area contributed by atoms with Crippen molar-refractivity contribution in [1.29, 1.82) is 0 Å². The van der Waals surface area contributed by atoms with Crippen LogP contribution in [0.1, 0.15) is 10.4 Å². The maximum atomic E-state index is 13.0. The number of hydrogen-bond donors (Lipinski definition) is 2. The van der Waals surface area contributed by atoms with Crippen LogP contribution in [0.15, 0.2) is 41.8 Å². The average molecular weight is 505 g/mol. The second-order valence-corrected chi connectivity index (χ2v) is 9.07. The molecule has 12 nitrogen and oxygen atoms in total. The van der Waals surface area contributed by atoms with Crippen LogP contribution in [-0.2, 0) is 16.0 Å². The second kappa shape index (κ2) is 9.98. The number of aliphatic hydroxyl groups excluding tert-OH is 1. The first-order chi connectivity index (χ1) is 18.1. The van der Waals surface area contributed by atoms with Crippen molar-refractivity contribution in [1.82, 2.24) is 29.0 Å². The molecule has 6 heterocycles. The Morgan fingerprint density at radius 2 is 2.11 bits per heavy atom. The average Bonchev–Trinajstić information content (AvgIpc) is 3.64. The number of aliphatic imine (C=N–C) groups is 1. The van der Waals surface area contributed by atoms with Crippen molar-refractivity contribution < 1.29 is 19.4 Å². The predicted octanol–water partition coefficient (Wildman–Crippen LogP) is 1.09. The van der Waals surface area contributed by atoms with Crippen LogP contribution in [0, 0.1) is 0 Å². The van der Waals surface area contributed by atoms with Crippen LogP contribution in [0.25, 0.3) is 27.9 Å². The lowest BCUT2D eigenvalue weighted by atomic mass is 10.1. The molecule has 192 valence electrons. The summed E-state index contributed by atoms with van der Waals surface area (Å²) in [5.41, 5.74) is 3.41. The van der Waals surface area contributed by atoms with Gasteiger partial charge in [0.1, 0.15) is 23.1 Å². The van der Waals surface area contributed by atoms with E-state index in [1.54, 1.807) is 17.8 Å². The molecule has 2 fully saturated rings. The molecule has 2 saturated heterocycles. The largest absolute Gasteiger partial charge is 0.385 e. The van der Waals surface area contributed by atoms with Crippen molar-refractivity contribution in [2.45, 2.75) is 12.6 Å². The number of carbonyl (C=O) groups is 1.